The SMILES string of the molecule is Cc1c(Cl)ccc2c1NC(=O)[C@]21N[C@H](Cc2ccc(O)cc2)[C@H]2C(=O)N(CCc3ccccc3)C(=O)[C@@H]21. The third-order valence-corrected chi connectivity index (χ3v) is 8.44. The van der Waals surface area contributed by atoms with Crippen molar-refractivity contribution in [2.45, 2.75) is 31.3 Å². The Balaban J connectivity index is 1.41. The van der Waals surface area contributed by atoms with Crippen LogP contribution in [0.3, 0.4) is 0 Å². The number of hydrogen-bond acceptors (Lipinski definition) is 5. The van der Waals surface area contributed by atoms with Crippen molar-refractivity contribution in [1.82, 2.24) is 10.2 Å². The highest BCUT2D eigenvalue weighted by atomic mass is 35.5. The number of fused-ring (bicyclic) bond motifs is 4. The van der Waals surface area contributed by atoms with Crippen molar-refractivity contribution < 1.29 is 19.5 Å². The van der Waals surface area contributed by atoms with Crippen molar-refractivity contribution in [1.29, 1.82) is 0 Å². The van der Waals surface area contributed by atoms with Gasteiger partial charge in [-0.05, 0) is 54.7 Å². The third-order valence-electron chi connectivity index (χ3n) is 8.03. The molecule has 3 aliphatic rings. The summed E-state index contributed by atoms with van der Waals surface area (Å²) in [6.45, 7) is 2.08. The Hall–Kier alpha value is -3.68. The van der Waals surface area contributed by atoms with Crippen LogP contribution in [0.1, 0.15) is 22.3 Å². The van der Waals surface area contributed by atoms with Gasteiger partial charge in [0, 0.05) is 23.2 Å². The lowest BCUT2D eigenvalue weighted by atomic mass is 9.76. The van der Waals surface area contributed by atoms with Crippen LogP contribution in [0.2, 0.25) is 5.02 Å². The number of nitrogens with zero attached hydrogens (tertiary/aromatic N) is 1. The molecule has 6 rings (SSSR count). The number of phenols is 1. The number of aromatic hydroxyl groups is 1. The summed E-state index contributed by atoms with van der Waals surface area (Å²) < 4.78 is 0. The number of rotatable bonds is 5. The minimum Gasteiger partial charge on any atom is -0.508 e. The minimum atomic E-state index is -1.37. The molecular weight excluding hydrogens is 490 g/mol. The van der Waals surface area contributed by atoms with Gasteiger partial charge in [-0.15, -0.1) is 0 Å². The quantitative estimate of drug-likeness (QED) is 0.451. The van der Waals surface area contributed by atoms with E-state index in [4.69, 9.17) is 11.6 Å². The molecular formula is C29H26ClN3O4. The van der Waals surface area contributed by atoms with Gasteiger partial charge in [-0.2, -0.15) is 0 Å². The van der Waals surface area contributed by atoms with E-state index in [1.54, 1.807) is 36.4 Å². The standard InChI is InChI=1S/C29H26ClN3O4/c1-16-21(30)12-11-20-25(16)31-28(37)29(20)24-23(22(32-29)15-18-7-9-19(34)10-8-18)26(35)33(27(24)36)14-13-17-5-3-2-4-6-17/h2-12,22-24,32,34H,13-15H2,1H3,(H,31,37)/t22-,23-,24-,29+/m1/s1. The second-order valence-corrected chi connectivity index (χ2v) is 10.5. The fourth-order valence-electron chi connectivity index (χ4n) is 6.22. The molecule has 3 N–H and O–H groups in total. The molecule has 0 unspecified atom stereocenters. The maximum atomic E-state index is 14.0. The van der Waals surface area contributed by atoms with Gasteiger partial charge in [0.05, 0.1) is 17.5 Å². The zero-order valence-electron chi connectivity index (χ0n) is 20.2. The fraction of sp³-hybridized carbons (Fsp3) is 0.276. The summed E-state index contributed by atoms with van der Waals surface area (Å²) in [6.07, 6.45) is 0.961. The Morgan fingerprint density at radius 3 is 2.41 bits per heavy atom. The number of benzene rings is 3. The van der Waals surface area contributed by atoms with E-state index >= 15 is 0 Å². The number of carbonyl (C=O) groups excluding carboxylic acids is 3. The highest BCUT2D eigenvalue weighted by Gasteiger charge is 2.70. The smallest absolute Gasteiger partial charge is 0.250 e. The topological polar surface area (TPSA) is 98.7 Å². The van der Waals surface area contributed by atoms with Crippen LogP contribution < -0.4 is 10.6 Å². The molecule has 0 aliphatic carbocycles. The molecule has 3 amide bonds. The molecule has 0 saturated carbocycles. The van der Waals surface area contributed by atoms with Crippen LogP contribution in [0, 0.1) is 18.8 Å². The largest absolute Gasteiger partial charge is 0.508 e. The fourth-order valence-corrected chi connectivity index (χ4v) is 6.37. The van der Waals surface area contributed by atoms with E-state index in [0.29, 0.717) is 29.1 Å². The van der Waals surface area contributed by atoms with E-state index < -0.39 is 23.4 Å². The number of likely N-dealkylation sites (tertiary alicyclic amines) is 1. The van der Waals surface area contributed by atoms with Gasteiger partial charge in [-0.3, -0.25) is 24.6 Å². The molecule has 3 aliphatic heterocycles. The van der Waals surface area contributed by atoms with E-state index in [-0.39, 0.29) is 30.0 Å². The van der Waals surface area contributed by atoms with Crippen molar-refractivity contribution in [2.24, 2.45) is 11.8 Å². The van der Waals surface area contributed by atoms with Crippen molar-refractivity contribution in [3.8, 4) is 5.75 Å². The van der Waals surface area contributed by atoms with Crippen molar-refractivity contribution in [2.75, 3.05) is 11.9 Å². The maximum Gasteiger partial charge on any atom is 0.250 e. The van der Waals surface area contributed by atoms with E-state index in [9.17, 15) is 19.5 Å². The summed E-state index contributed by atoms with van der Waals surface area (Å²) in [5, 5.41) is 16.6. The molecule has 0 aromatic heterocycles. The second kappa shape index (κ2) is 8.71. The maximum absolute atomic E-state index is 14.0. The molecule has 0 bridgehead atoms. The minimum absolute atomic E-state index is 0.146. The zero-order chi connectivity index (χ0) is 25.9. The van der Waals surface area contributed by atoms with Gasteiger partial charge < -0.3 is 10.4 Å². The first kappa shape index (κ1) is 23.7. The molecule has 7 nitrogen and oxygen atoms in total. The van der Waals surface area contributed by atoms with Gasteiger partial charge in [0.2, 0.25) is 17.7 Å². The third kappa shape index (κ3) is 3.56. The van der Waals surface area contributed by atoms with Crippen LogP contribution in [0.15, 0.2) is 66.7 Å². The average molecular weight is 516 g/mol. The number of imide groups is 1. The number of halogens is 1. The lowest BCUT2D eigenvalue weighted by molar-refractivity contribution is -0.142. The van der Waals surface area contributed by atoms with Gasteiger partial charge in [0.15, 0.2) is 0 Å². The Kier molecular flexibility index (Phi) is 5.58. The van der Waals surface area contributed by atoms with Crippen LogP contribution in [0.25, 0.3) is 0 Å². The van der Waals surface area contributed by atoms with Gasteiger partial charge >= 0.3 is 0 Å². The summed E-state index contributed by atoms with van der Waals surface area (Å²) in [6, 6.07) is 19.5. The van der Waals surface area contributed by atoms with Crippen molar-refractivity contribution in [3.63, 3.8) is 0 Å². The average Bonchev–Trinajstić information content (AvgIpc) is 3.47. The van der Waals surface area contributed by atoms with E-state index in [1.165, 1.54) is 4.90 Å². The molecule has 0 radical (unpaired) electrons. The highest BCUT2D eigenvalue weighted by Crippen LogP contribution is 2.54. The van der Waals surface area contributed by atoms with Crippen molar-refractivity contribution in [3.05, 3.63) is 94.0 Å². The molecule has 2 fully saturated rings. The van der Waals surface area contributed by atoms with Crippen LogP contribution in [-0.4, -0.2) is 40.3 Å². The predicted octanol–water partition coefficient (Wildman–Crippen LogP) is 3.56. The zero-order valence-corrected chi connectivity index (χ0v) is 21.0. The van der Waals surface area contributed by atoms with E-state index in [1.807, 2.05) is 37.3 Å². The van der Waals surface area contributed by atoms with Crippen LogP contribution in [0.4, 0.5) is 5.69 Å². The first-order chi connectivity index (χ1) is 17.8. The molecule has 1 spiro atoms. The van der Waals surface area contributed by atoms with Gasteiger partial charge in [-0.25, -0.2) is 0 Å². The molecule has 188 valence electrons. The Bertz CT molecular complexity index is 1430. The predicted molar refractivity (Wildman–Crippen MR) is 139 cm³/mol. The summed E-state index contributed by atoms with van der Waals surface area (Å²) in [5.41, 5.74) is 2.52. The summed E-state index contributed by atoms with van der Waals surface area (Å²) in [4.78, 5) is 42.8. The van der Waals surface area contributed by atoms with Crippen LogP contribution >= 0.6 is 11.6 Å². The first-order valence-corrected chi connectivity index (χ1v) is 12.7. The summed E-state index contributed by atoms with van der Waals surface area (Å²) in [7, 11) is 0. The van der Waals surface area contributed by atoms with Crippen molar-refractivity contribution >= 4 is 35.0 Å². The molecule has 37 heavy (non-hydrogen) atoms. The molecule has 8 heteroatoms. The Labute approximate surface area is 219 Å². The first-order valence-electron chi connectivity index (χ1n) is 12.4. The van der Waals surface area contributed by atoms with Gasteiger partial charge in [0.1, 0.15) is 11.3 Å². The second-order valence-electron chi connectivity index (χ2n) is 10.0. The Morgan fingerprint density at radius 2 is 1.68 bits per heavy atom. The molecule has 3 aromatic carbocycles. The molecule has 4 atom stereocenters. The lowest BCUT2D eigenvalue weighted by Gasteiger charge is -2.29. The Morgan fingerprint density at radius 1 is 0.946 bits per heavy atom. The van der Waals surface area contributed by atoms with Crippen LogP contribution in [0.5, 0.6) is 5.75 Å². The van der Waals surface area contributed by atoms with Gasteiger partial charge in [0.25, 0.3) is 0 Å². The number of hydrogen-bond donors (Lipinski definition) is 3. The van der Waals surface area contributed by atoms with Crippen LogP contribution in [-0.2, 0) is 32.8 Å². The molecule has 2 saturated heterocycles. The highest BCUT2D eigenvalue weighted by molar-refractivity contribution is 6.32. The van der Waals surface area contributed by atoms with E-state index in [2.05, 4.69) is 10.6 Å². The number of amides is 3. The number of phenolic OH excluding ortho intramolecular Hbond substituents is 1. The normalized spacial score (nSPS) is 26.1. The number of carbonyl (C=O) groups is 3. The van der Waals surface area contributed by atoms with E-state index in [0.717, 1.165) is 16.7 Å². The monoisotopic (exact) mass is 515 g/mol. The molecule has 3 heterocycles. The van der Waals surface area contributed by atoms with Gasteiger partial charge in [-0.1, -0.05) is 60.1 Å². The number of nitrogens with one attached hydrogen (secondary N) is 2. The summed E-state index contributed by atoms with van der Waals surface area (Å²) >= 11 is 6.35. The summed E-state index contributed by atoms with van der Waals surface area (Å²) in [5.74, 6) is -2.37. The number of anilines is 1. The molecule has 3 aromatic rings. The lowest BCUT2D eigenvalue weighted by Crippen LogP contribution is -2.53.